The maximum absolute atomic E-state index is 12.2. The number of carbonyl (C=O) groups is 1. The molecule has 0 aromatic carbocycles. The van der Waals surface area contributed by atoms with Crippen LogP contribution in [0.15, 0.2) is 14.3 Å². The fourth-order valence-corrected chi connectivity index (χ4v) is 4.67. The molecule has 94 valence electrons. The molecule has 1 fully saturated rings. The second-order valence-corrected chi connectivity index (χ2v) is 8.13. The average Bonchev–Trinajstić information content (AvgIpc) is 2.87. The van der Waals surface area contributed by atoms with Crippen LogP contribution in [0.2, 0.25) is 0 Å². The fraction of sp³-hybridized carbons (Fsp3) is 0.545. The van der Waals surface area contributed by atoms with Crippen molar-refractivity contribution in [1.82, 2.24) is 4.90 Å². The third-order valence-corrected chi connectivity index (χ3v) is 6.65. The van der Waals surface area contributed by atoms with Crippen LogP contribution in [-0.4, -0.2) is 29.2 Å². The first-order valence-corrected chi connectivity index (χ1v) is 8.94. The van der Waals surface area contributed by atoms with E-state index in [-0.39, 0.29) is 5.91 Å². The molecule has 1 aromatic heterocycles. The largest absolute Gasteiger partial charge is 0.338 e. The summed E-state index contributed by atoms with van der Waals surface area (Å²) in [6, 6.07) is 1.90. The molecule has 1 atom stereocenters. The number of nitrogens with zero attached hydrogens (tertiary/aromatic N) is 1. The molecule has 1 saturated heterocycles. The lowest BCUT2D eigenvalue weighted by Gasteiger charge is -2.15. The smallest absolute Gasteiger partial charge is 0.264 e. The van der Waals surface area contributed by atoms with Gasteiger partial charge in [0, 0.05) is 22.9 Å². The van der Waals surface area contributed by atoms with Crippen LogP contribution < -0.4 is 0 Å². The van der Waals surface area contributed by atoms with Gasteiger partial charge in [0.15, 0.2) is 0 Å². The lowest BCUT2D eigenvalue weighted by molar-refractivity contribution is 0.0791. The Labute approximate surface area is 130 Å². The van der Waals surface area contributed by atoms with Gasteiger partial charge < -0.3 is 4.90 Å². The summed E-state index contributed by atoms with van der Waals surface area (Å²) in [7, 11) is 0. The van der Waals surface area contributed by atoms with E-state index in [1.165, 1.54) is 11.3 Å². The number of amides is 1. The Morgan fingerprint density at radius 3 is 2.88 bits per heavy atom. The van der Waals surface area contributed by atoms with Crippen molar-refractivity contribution in [2.45, 2.75) is 12.8 Å². The highest BCUT2D eigenvalue weighted by Crippen LogP contribution is 2.34. The topological polar surface area (TPSA) is 20.3 Å². The van der Waals surface area contributed by atoms with Crippen LogP contribution in [0.3, 0.4) is 0 Å². The Morgan fingerprint density at radius 1 is 1.53 bits per heavy atom. The number of hydrogen-bond donors (Lipinski definition) is 0. The second-order valence-electron chi connectivity index (χ2n) is 4.12. The fourth-order valence-electron chi connectivity index (χ4n) is 2.01. The van der Waals surface area contributed by atoms with Crippen molar-refractivity contribution < 1.29 is 4.79 Å². The molecule has 0 bridgehead atoms. The van der Waals surface area contributed by atoms with Crippen molar-refractivity contribution in [3.05, 3.63) is 19.2 Å². The van der Waals surface area contributed by atoms with E-state index in [0.717, 1.165) is 44.4 Å². The predicted molar refractivity (Wildman–Crippen MR) is 82.1 cm³/mol. The van der Waals surface area contributed by atoms with E-state index in [2.05, 4.69) is 47.8 Å². The van der Waals surface area contributed by atoms with E-state index >= 15 is 0 Å². The Morgan fingerprint density at radius 2 is 2.29 bits per heavy atom. The van der Waals surface area contributed by atoms with Crippen molar-refractivity contribution in [3.8, 4) is 0 Å². The van der Waals surface area contributed by atoms with E-state index in [9.17, 15) is 4.79 Å². The molecule has 0 aliphatic carbocycles. The molecule has 17 heavy (non-hydrogen) atoms. The molecule has 0 N–H and O–H groups in total. The monoisotopic (exact) mass is 443 g/mol. The van der Waals surface area contributed by atoms with Crippen molar-refractivity contribution in [2.24, 2.45) is 5.92 Å². The lowest BCUT2D eigenvalue weighted by atomic mass is 10.1. The number of alkyl halides is 1. The first kappa shape index (κ1) is 14.0. The molecule has 1 aliphatic heterocycles. The molecule has 1 aliphatic rings. The lowest BCUT2D eigenvalue weighted by Crippen LogP contribution is -2.28. The highest BCUT2D eigenvalue weighted by molar-refractivity contribution is 9.13. The van der Waals surface area contributed by atoms with Crippen LogP contribution in [-0.2, 0) is 0 Å². The average molecular weight is 446 g/mol. The number of thiophene rings is 1. The molecule has 2 nitrogen and oxygen atoms in total. The molecule has 1 aromatic rings. The summed E-state index contributed by atoms with van der Waals surface area (Å²) in [5.74, 6) is 0.823. The molecular weight excluding hydrogens is 434 g/mol. The molecule has 0 spiro atoms. The van der Waals surface area contributed by atoms with Crippen LogP contribution >= 0.6 is 59.1 Å². The minimum Gasteiger partial charge on any atom is -0.338 e. The number of halogens is 3. The van der Waals surface area contributed by atoms with Crippen LogP contribution in [0.5, 0.6) is 0 Å². The zero-order valence-corrected chi connectivity index (χ0v) is 14.7. The van der Waals surface area contributed by atoms with Crippen molar-refractivity contribution in [1.29, 1.82) is 0 Å². The Balaban J connectivity index is 2.02. The van der Waals surface area contributed by atoms with Crippen LogP contribution in [0.25, 0.3) is 0 Å². The zero-order chi connectivity index (χ0) is 12.4. The first-order valence-electron chi connectivity index (χ1n) is 5.42. The minimum atomic E-state index is 0.165. The Bertz CT molecular complexity index is 401. The molecule has 2 heterocycles. The quantitative estimate of drug-likeness (QED) is 0.626. The molecule has 1 unspecified atom stereocenters. The molecule has 1 amide bonds. The standard InChI is InChI=1S/C11H12Br3NOS/c12-3-1-7-2-4-15(6-7)11(16)9-5-8(13)10(14)17-9/h5,7H,1-4,6H2. The van der Waals surface area contributed by atoms with E-state index in [4.69, 9.17) is 0 Å². The third-order valence-electron chi connectivity index (χ3n) is 2.95. The zero-order valence-electron chi connectivity index (χ0n) is 9.09. The van der Waals surface area contributed by atoms with Gasteiger partial charge in [0.25, 0.3) is 5.91 Å². The van der Waals surface area contributed by atoms with Gasteiger partial charge in [0.1, 0.15) is 0 Å². The van der Waals surface area contributed by atoms with E-state index in [0.29, 0.717) is 5.92 Å². The summed E-state index contributed by atoms with van der Waals surface area (Å²) in [5, 5.41) is 1.02. The van der Waals surface area contributed by atoms with Crippen LogP contribution in [0, 0.1) is 5.92 Å². The molecule has 0 radical (unpaired) electrons. The van der Waals surface area contributed by atoms with Gasteiger partial charge in [-0.05, 0) is 56.7 Å². The Hall–Kier alpha value is 0.610. The summed E-state index contributed by atoms with van der Waals surface area (Å²) in [5.41, 5.74) is 0. The molecule has 2 rings (SSSR count). The van der Waals surface area contributed by atoms with Gasteiger partial charge in [-0.1, -0.05) is 15.9 Å². The second kappa shape index (κ2) is 6.17. The van der Waals surface area contributed by atoms with Gasteiger partial charge in [-0.2, -0.15) is 0 Å². The van der Waals surface area contributed by atoms with Crippen molar-refractivity contribution in [2.75, 3.05) is 18.4 Å². The summed E-state index contributed by atoms with van der Waals surface area (Å²) < 4.78 is 1.94. The maximum Gasteiger partial charge on any atom is 0.264 e. The number of likely N-dealkylation sites (tertiary alicyclic amines) is 1. The van der Waals surface area contributed by atoms with Gasteiger partial charge in [-0.3, -0.25) is 4.79 Å². The Kier molecular flexibility index (Phi) is 5.09. The molecule has 6 heteroatoms. The predicted octanol–water partition coefficient (Wildman–Crippen LogP) is 4.52. The number of hydrogen-bond acceptors (Lipinski definition) is 2. The number of carbonyl (C=O) groups excluding carboxylic acids is 1. The van der Waals surface area contributed by atoms with E-state index in [1.54, 1.807) is 0 Å². The normalized spacial score (nSPS) is 19.9. The highest BCUT2D eigenvalue weighted by Gasteiger charge is 2.27. The van der Waals surface area contributed by atoms with E-state index in [1.807, 2.05) is 11.0 Å². The number of rotatable bonds is 3. The van der Waals surface area contributed by atoms with Gasteiger partial charge >= 0.3 is 0 Å². The first-order chi connectivity index (χ1) is 8.11. The van der Waals surface area contributed by atoms with Gasteiger partial charge in [-0.15, -0.1) is 11.3 Å². The maximum atomic E-state index is 12.2. The van der Waals surface area contributed by atoms with Gasteiger partial charge in [0.05, 0.1) is 8.66 Å². The SMILES string of the molecule is O=C(c1cc(Br)c(Br)s1)N1CCC(CCBr)C1. The summed E-state index contributed by atoms with van der Waals surface area (Å²) in [6.45, 7) is 1.79. The summed E-state index contributed by atoms with van der Waals surface area (Å²) >= 11 is 11.8. The molecule has 0 saturated carbocycles. The minimum absolute atomic E-state index is 0.165. The summed E-state index contributed by atoms with van der Waals surface area (Å²) in [6.07, 6.45) is 2.28. The van der Waals surface area contributed by atoms with Crippen LogP contribution in [0.1, 0.15) is 22.5 Å². The summed E-state index contributed by atoms with van der Waals surface area (Å²) in [4.78, 5) is 15.0. The van der Waals surface area contributed by atoms with E-state index < -0.39 is 0 Å². The van der Waals surface area contributed by atoms with Gasteiger partial charge in [-0.25, -0.2) is 0 Å². The highest BCUT2D eigenvalue weighted by atomic mass is 79.9. The third kappa shape index (κ3) is 3.33. The van der Waals surface area contributed by atoms with Gasteiger partial charge in [0.2, 0.25) is 0 Å². The molecular formula is C11H12Br3NOS. The van der Waals surface area contributed by atoms with Crippen LogP contribution in [0.4, 0.5) is 0 Å². The van der Waals surface area contributed by atoms with Crippen molar-refractivity contribution >= 4 is 65.0 Å². The van der Waals surface area contributed by atoms with Crippen molar-refractivity contribution in [3.63, 3.8) is 0 Å².